The van der Waals surface area contributed by atoms with Gasteiger partial charge in [-0.2, -0.15) is 0 Å². The summed E-state index contributed by atoms with van der Waals surface area (Å²) in [4.78, 5) is 42.7. The van der Waals surface area contributed by atoms with Gasteiger partial charge in [-0.15, -0.1) is 0 Å². The van der Waals surface area contributed by atoms with Gasteiger partial charge >= 0.3 is 17.9 Å². The molecule has 3 aliphatic carbocycles. The molecule has 3 aliphatic rings. The summed E-state index contributed by atoms with van der Waals surface area (Å²) < 4.78 is 19.4. The summed E-state index contributed by atoms with van der Waals surface area (Å²) in [5.41, 5.74) is -4.39. The Bertz CT molecular complexity index is 1010. The molecule has 0 bridgehead atoms. The second-order valence-electron chi connectivity index (χ2n) is 17.2. The molecule has 0 radical (unpaired) electrons. The standard InChI is InChI=1S/C38H66O6/c1-12-34(10,31(40)43-37(28(4)5)21-15-16-22-37)26-35(11,32(41)44-38(29(6)7)23-17-18-24-38)25-33(8,9)30(39)42-36(27(2)3)19-13-14-20-36/h27-29H,12-26H2,1-11H3. The van der Waals surface area contributed by atoms with E-state index in [9.17, 15) is 14.4 Å². The molecule has 0 aromatic heterocycles. The number of hydrogen-bond acceptors (Lipinski definition) is 6. The third-order valence-corrected chi connectivity index (χ3v) is 12.3. The van der Waals surface area contributed by atoms with Crippen molar-refractivity contribution in [3.8, 4) is 0 Å². The molecule has 2 unspecified atom stereocenters. The van der Waals surface area contributed by atoms with E-state index in [-0.39, 0.29) is 48.5 Å². The predicted octanol–water partition coefficient (Wildman–Crippen LogP) is 9.75. The Labute approximate surface area is 269 Å². The van der Waals surface area contributed by atoms with Crippen LogP contribution in [0.5, 0.6) is 0 Å². The van der Waals surface area contributed by atoms with Gasteiger partial charge in [0.25, 0.3) is 0 Å². The van der Waals surface area contributed by atoms with E-state index < -0.39 is 33.0 Å². The minimum Gasteiger partial charge on any atom is -0.458 e. The summed E-state index contributed by atoms with van der Waals surface area (Å²) in [5.74, 6) is -0.189. The van der Waals surface area contributed by atoms with E-state index in [2.05, 4.69) is 41.5 Å². The molecule has 3 rings (SSSR count). The average molecular weight is 619 g/mol. The molecule has 0 saturated heterocycles. The fourth-order valence-electron chi connectivity index (χ4n) is 8.71. The van der Waals surface area contributed by atoms with Crippen LogP contribution in [0, 0.1) is 34.0 Å². The van der Waals surface area contributed by atoms with E-state index in [0.717, 1.165) is 77.0 Å². The maximum Gasteiger partial charge on any atom is 0.312 e. The minimum absolute atomic E-state index is 0.181. The molecule has 0 aromatic rings. The molecule has 3 saturated carbocycles. The topological polar surface area (TPSA) is 78.9 Å². The number of ether oxygens (including phenoxy) is 3. The van der Waals surface area contributed by atoms with Crippen molar-refractivity contribution in [2.45, 2.75) is 189 Å². The van der Waals surface area contributed by atoms with Crippen molar-refractivity contribution in [2.24, 2.45) is 34.0 Å². The van der Waals surface area contributed by atoms with Crippen molar-refractivity contribution < 1.29 is 28.6 Å². The molecule has 0 aliphatic heterocycles. The van der Waals surface area contributed by atoms with Gasteiger partial charge in [0.1, 0.15) is 16.8 Å². The Morgan fingerprint density at radius 2 is 0.818 bits per heavy atom. The molecule has 0 amide bonds. The Hall–Kier alpha value is -1.59. The Kier molecular flexibility index (Phi) is 11.4. The molecule has 254 valence electrons. The Morgan fingerprint density at radius 1 is 0.523 bits per heavy atom. The van der Waals surface area contributed by atoms with Gasteiger partial charge < -0.3 is 14.2 Å². The molecule has 6 heteroatoms. The Balaban J connectivity index is 1.96. The van der Waals surface area contributed by atoms with Crippen molar-refractivity contribution in [1.29, 1.82) is 0 Å². The highest BCUT2D eigenvalue weighted by Gasteiger charge is 2.54. The van der Waals surface area contributed by atoms with E-state index in [0.29, 0.717) is 6.42 Å². The van der Waals surface area contributed by atoms with Gasteiger partial charge in [0.2, 0.25) is 0 Å². The van der Waals surface area contributed by atoms with Crippen LogP contribution in [0.1, 0.15) is 172 Å². The summed E-state index contributed by atoms with van der Waals surface area (Å²) in [7, 11) is 0. The maximum absolute atomic E-state index is 14.6. The van der Waals surface area contributed by atoms with Gasteiger partial charge in [-0.25, -0.2) is 0 Å². The van der Waals surface area contributed by atoms with Crippen molar-refractivity contribution in [3.05, 3.63) is 0 Å². The van der Waals surface area contributed by atoms with Gasteiger partial charge in [-0.05, 0) is 142 Å². The van der Waals surface area contributed by atoms with Gasteiger partial charge in [-0.1, -0.05) is 48.5 Å². The molecule has 0 heterocycles. The number of carbonyl (C=O) groups excluding carboxylic acids is 3. The zero-order valence-corrected chi connectivity index (χ0v) is 30.3. The van der Waals surface area contributed by atoms with E-state index in [1.54, 1.807) is 0 Å². The monoisotopic (exact) mass is 618 g/mol. The lowest BCUT2D eigenvalue weighted by Crippen LogP contribution is -2.50. The van der Waals surface area contributed by atoms with Crippen LogP contribution in [0.3, 0.4) is 0 Å². The lowest BCUT2D eigenvalue weighted by atomic mass is 9.64. The molecule has 2 atom stereocenters. The summed E-state index contributed by atoms with van der Waals surface area (Å²) in [6.45, 7) is 22.4. The highest BCUT2D eigenvalue weighted by Crippen LogP contribution is 2.51. The number of hydrogen-bond donors (Lipinski definition) is 0. The first-order valence-corrected chi connectivity index (χ1v) is 18.0. The Morgan fingerprint density at radius 3 is 1.11 bits per heavy atom. The third kappa shape index (κ3) is 7.51. The lowest BCUT2D eigenvalue weighted by molar-refractivity contribution is -0.190. The van der Waals surface area contributed by atoms with Crippen LogP contribution in [0.15, 0.2) is 0 Å². The normalized spacial score (nSPS) is 23.9. The summed E-state index contributed by atoms with van der Waals surface area (Å²) in [5, 5.41) is 0. The van der Waals surface area contributed by atoms with Crippen LogP contribution in [-0.2, 0) is 28.6 Å². The smallest absolute Gasteiger partial charge is 0.312 e. The van der Waals surface area contributed by atoms with Gasteiger partial charge in [-0.3, -0.25) is 14.4 Å². The van der Waals surface area contributed by atoms with Crippen LogP contribution < -0.4 is 0 Å². The second kappa shape index (κ2) is 13.6. The number of carbonyl (C=O) groups is 3. The fourth-order valence-corrected chi connectivity index (χ4v) is 8.71. The van der Waals surface area contributed by atoms with E-state index in [1.165, 1.54) is 0 Å². The fraction of sp³-hybridized carbons (Fsp3) is 0.921. The third-order valence-electron chi connectivity index (χ3n) is 12.3. The second-order valence-corrected chi connectivity index (χ2v) is 17.2. The quantitative estimate of drug-likeness (QED) is 0.142. The molecule has 6 nitrogen and oxygen atoms in total. The summed E-state index contributed by atoms with van der Waals surface area (Å²) >= 11 is 0. The maximum atomic E-state index is 14.6. The molecule has 0 aromatic carbocycles. The van der Waals surface area contributed by atoms with Crippen molar-refractivity contribution in [3.63, 3.8) is 0 Å². The molecule has 3 fully saturated rings. The van der Waals surface area contributed by atoms with E-state index >= 15 is 0 Å². The highest BCUT2D eigenvalue weighted by atomic mass is 16.6. The van der Waals surface area contributed by atoms with E-state index in [4.69, 9.17) is 14.2 Å². The first-order chi connectivity index (χ1) is 20.3. The lowest BCUT2D eigenvalue weighted by Gasteiger charge is -2.44. The summed E-state index contributed by atoms with van der Waals surface area (Å²) in [6, 6.07) is 0. The van der Waals surface area contributed by atoms with Gasteiger partial charge in [0.05, 0.1) is 16.2 Å². The zero-order valence-electron chi connectivity index (χ0n) is 30.3. The zero-order chi connectivity index (χ0) is 33.2. The van der Waals surface area contributed by atoms with Crippen LogP contribution in [0.4, 0.5) is 0 Å². The van der Waals surface area contributed by atoms with Gasteiger partial charge in [0, 0.05) is 0 Å². The van der Waals surface area contributed by atoms with Crippen LogP contribution in [0.25, 0.3) is 0 Å². The van der Waals surface area contributed by atoms with E-state index in [1.807, 2.05) is 34.6 Å². The molecule has 0 spiro atoms. The largest absolute Gasteiger partial charge is 0.458 e. The molecular formula is C38H66O6. The summed E-state index contributed by atoms with van der Waals surface area (Å²) in [6.07, 6.45) is 12.5. The average Bonchev–Trinajstić information content (AvgIpc) is 3.71. The molecular weight excluding hydrogens is 552 g/mol. The van der Waals surface area contributed by atoms with Crippen LogP contribution in [-0.4, -0.2) is 34.7 Å². The van der Waals surface area contributed by atoms with Crippen molar-refractivity contribution >= 4 is 17.9 Å². The first kappa shape index (κ1) is 36.9. The number of esters is 3. The first-order valence-electron chi connectivity index (χ1n) is 18.0. The predicted molar refractivity (Wildman–Crippen MR) is 176 cm³/mol. The highest BCUT2D eigenvalue weighted by molar-refractivity contribution is 5.83. The van der Waals surface area contributed by atoms with Crippen molar-refractivity contribution in [2.75, 3.05) is 0 Å². The minimum atomic E-state index is -1.10. The number of rotatable bonds is 14. The SMILES string of the molecule is CCC(C)(CC(C)(CC(C)(C)C(=O)OC1(C(C)C)CCCC1)C(=O)OC1(C(C)C)CCCC1)C(=O)OC1(C(C)C)CCCC1. The van der Waals surface area contributed by atoms with Crippen LogP contribution >= 0.6 is 0 Å². The molecule has 0 N–H and O–H groups in total. The van der Waals surface area contributed by atoms with Gasteiger partial charge in [0.15, 0.2) is 0 Å². The van der Waals surface area contributed by atoms with Crippen molar-refractivity contribution in [1.82, 2.24) is 0 Å². The van der Waals surface area contributed by atoms with Crippen LogP contribution in [0.2, 0.25) is 0 Å². The molecule has 44 heavy (non-hydrogen) atoms.